The molecule has 1 aromatic heterocycles. The van der Waals surface area contributed by atoms with Gasteiger partial charge in [-0.3, -0.25) is 0 Å². The van der Waals surface area contributed by atoms with Crippen LogP contribution in [-0.2, 0) is 11.3 Å². The zero-order valence-corrected chi connectivity index (χ0v) is 16.2. The van der Waals surface area contributed by atoms with Crippen LogP contribution in [0.25, 0.3) is 0 Å². The lowest BCUT2D eigenvalue weighted by Gasteiger charge is -2.35. The first-order valence-electron chi connectivity index (χ1n) is 7.65. The number of pyridine rings is 1. The fraction of sp³-hybridized carbons (Fsp3) is 0.294. The third kappa shape index (κ3) is 4.27. The highest BCUT2D eigenvalue weighted by Gasteiger charge is 2.24. The molecule has 1 amide bonds. The SMILES string of the molecule is O=C(OCc1ccccc1)N1CCN(c2ncc(Br)cc2Br)CC1. The summed E-state index contributed by atoms with van der Waals surface area (Å²) in [4.78, 5) is 20.5. The van der Waals surface area contributed by atoms with E-state index in [4.69, 9.17) is 4.74 Å². The third-order valence-electron chi connectivity index (χ3n) is 3.83. The summed E-state index contributed by atoms with van der Waals surface area (Å²) in [6, 6.07) is 11.7. The number of halogens is 2. The van der Waals surface area contributed by atoms with E-state index in [1.807, 2.05) is 36.4 Å². The Morgan fingerprint density at radius 2 is 1.83 bits per heavy atom. The normalized spacial score (nSPS) is 14.6. The third-order valence-corrected chi connectivity index (χ3v) is 4.85. The van der Waals surface area contributed by atoms with Gasteiger partial charge in [0.2, 0.25) is 0 Å². The number of amides is 1. The number of hydrogen-bond donors (Lipinski definition) is 0. The zero-order valence-electron chi connectivity index (χ0n) is 13.0. The maximum atomic E-state index is 12.2. The van der Waals surface area contributed by atoms with Crippen LogP contribution < -0.4 is 4.90 Å². The molecule has 0 radical (unpaired) electrons. The van der Waals surface area contributed by atoms with Gasteiger partial charge in [-0.05, 0) is 43.5 Å². The summed E-state index contributed by atoms with van der Waals surface area (Å²) >= 11 is 6.94. The molecule has 7 heteroatoms. The van der Waals surface area contributed by atoms with E-state index in [9.17, 15) is 4.79 Å². The molecule has 2 heterocycles. The van der Waals surface area contributed by atoms with Gasteiger partial charge in [-0.15, -0.1) is 0 Å². The Kier molecular flexibility index (Phi) is 5.73. The minimum atomic E-state index is -0.263. The summed E-state index contributed by atoms with van der Waals surface area (Å²) in [5.41, 5.74) is 0.993. The first-order valence-corrected chi connectivity index (χ1v) is 9.24. The Morgan fingerprint density at radius 1 is 1.12 bits per heavy atom. The van der Waals surface area contributed by atoms with Gasteiger partial charge in [-0.1, -0.05) is 30.3 Å². The number of rotatable bonds is 3. The lowest BCUT2D eigenvalue weighted by molar-refractivity contribution is 0.0941. The first-order chi connectivity index (χ1) is 11.6. The predicted octanol–water partition coefficient (Wildman–Crippen LogP) is 4.07. The van der Waals surface area contributed by atoms with Crippen LogP contribution in [0.3, 0.4) is 0 Å². The maximum absolute atomic E-state index is 12.2. The van der Waals surface area contributed by atoms with Gasteiger partial charge in [0.15, 0.2) is 0 Å². The second kappa shape index (κ2) is 7.98. The van der Waals surface area contributed by atoms with Crippen LogP contribution in [0.2, 0.25) is 0 Å². The number of piperazine rings is 1. The summed E-state index contributed by atoms with van der Waals surface area (Å²) < 4.78 is 7.26. The topological polar surface area (TPSA) is 45.7 Å². The molecule has 0 N–H and O–H groups in total. The van der Waals surface area contributed by atoms with E-state index < -0.39 is 0 Å². The van der Waals surface area contributed by atoms with Gasteiger partial charge in [0.05, 0.1) is 4.47 Å². The fourth-order valence-electron chi connectivity index (χ4n) is 2.55. The second-order valence-electron chi connectivity index (χ2n) is 5.47. The lowest BCUT2D eigenvalue weighted by Crippen LogP contribution is -2.49. The van der Waals surface area contributed by atoms with Crippen molar-refractivity contribution in [2.45, 2.75) is 6.61 Å². The number of aromatic nitrogens is 1. The summed E-state index contributed by atoms with van der Waals surface area (Å²) in [6.45, 7) is 3.01. The van der Waals surface area contributed by atoms with E-state index in [1.165, 1.54) is 0 Å². The second-order valence-corrected chi connectivity index (χ2v) is 7.24. The number of carbonyl (C=O) groups excluding carboxylic acids is 1. The molecule has 5 nitrogen and oxygen atoms in total. The van der Waals surface area contributed by atoms with Crippen molar-refractivity contribution >= 4 is 43.8 Å². The maximum Gasteiger partial charge on any atom is 0.410 e. The Balaban J connectivity index is 1.52. The lowest BCUT2D eigenvalue weighted by atomic mass is 10.2. The van der Waals surface area contributed by atoms with Gasteiger partial charge >= 0.3 is 6.09 Å². The van der Waals surface area contributed by atoms with Crippen molar-refractivity contribution in [1.82, 2.24) is 9.88 Å². The molecule has 0 saturated carbocycles. The Morgan fingerprint density at radius 3 is 2.50 bits per heavy atom. The zero-order chi connectivity index (χ0) is 16.9. The minimum absolute atomic E-state index is 0.263. The Bertz CT molecular complexity index is 704. The molecule has 3 rings (SSSR count). The molecular formula is C17H17Br2N3O2. The minimum Gasteiger partial charge on any atom is -0.445 e. The summed E-state index contributed by atoms with van der Waals surface area (Å²) in [5.74, 6) is 0.899. The van der Waals surface area contributed by atoms with Crippen LogP contribution in [0.1, 0.15) is 5.56 Å². The van der Waals surface area contributed by atoms with Crippen molar-refractivity contribution in [3.8, 4) is 0 Å². The van der Waals surface area contributed by atoms with Crippen molar-refractivity contribution in [2.75, 3.05) is 31.1 Å². The summed E-state index contributed by atoms with van der Waals surface area (Å²) in [7, 11) is 0. The van der Waals surface area contributed by atoms with Crippen molar-refractivity contribution in [1.29, 1.82) is 0 Å². The molecule has 1 aromatic carbocycles. The van der Waals surface area contributed by atoms with Crippen LogP contribution in [0.4, 0.5) is 10.6 Å². The predicted molar refractivity (Wildman–Crippen MR) is 100 cm³/mol. The molecule has 2 aromatic rings. The summed E-state index contributed by atoms with van der Waals surface area (Å²) in [5, 5.41) is 0. The van der Waals surface area contributed by atoms with E-state index in [2.05, 4.69) is 41.7 Å². The Labute approximate surface area is 157 Å². The average molecular weight is 455 g/mol. The van der Waals surface area contributed by atoms with Crippen LogP contribution in [-0.4, -0.2) is 42.2 Å². The van der Waals surface area contributed by atoms with Crippen molar-refractivity contribution < 1.29 is 9.53 Å². The number of benzene rings is 1. The van der Waals surface area contributed by atoms with E-state index >= 15 is 0 Å². The van der Waals surface area contributed by atoms with Crippen LogP contribution >= 0.6 is 31.9 Å². The highest BCUT2D eigenvalue weighted by atomic mass is 79.9. The molecule has 0 unspecified atom stereocenters. The molecule has 0 aliphatic carbocycles. The Hall–Kier alpha value is -1.60. The number of nitrogens with zero attached hydrogens (tertiary/aromatic N) is 3. The molecule has 126 valence electrons. The van der Waals surface area contributed by atoms with Gasteiger partial charge in [0.1, 0.15) is 12.4 Å². The van der Waals surface area contributed by atoms with Crippen molar-refractivity contribution in [2.24, 2.45) is 0 Å². The van der Waals surface area contributed by atoms with Gasteiger partial charge in [0, 0.05) is 36.8 Å². The number of hydrogen-bond acceptors (Lipinski definition) is 4. The van der Waals surface area contributed by atoms with E-state index in [-0.39, 0.29) is 6.09 Å². The van der Waals surface area contributed by atoms with E-state index in [0.717, 1.165) is 33.4 Å². The monoisotopic (exact) mass is 453 g/mol. The molecule has 1 saturated heterocycles. The standard InChI is InChI=1S/C17H17Br2N3O2/c18-14-10-15(19)16(20-11-14)21-6-8-22(9-7-21)17(23)24-12-13-4-2-1-3-5-13/h1-5,10-11H,6-9,12H2. The number of anilines is 1. The molecule has 1 fully saturated rings. The highest BCUT2D eigenvalue weighted by Crippen LogP contribution is 2.27. The smallest absolute Gasteiger partial charge is 0.410 e. The fourth-order valence-corrected chi connectivity index (χ4v) is 3.79. The molecule has 24 heavy (non-hydrogen) atoms. The van der Waals surface area contributed by atoms with Crippen molar-refractivity contribution in [3.63, 3.8) is 0 Å². The van der Waals surface area contributed by atoms with Crippen LogP contribution in [0.5, 0.6) is 0 Å². The van der Waals surface area contributed by atoms with E-state index in [1.54, 1.807) is 11.1 Å². The molecule has 0 bridgehead atoms. The number of ether oxygens (including phenoxy) is 1. The van der Waals surface area contributed by atoms with Gasteiger partial charge in [-0.2, -0.15) is 0 Å². The molecule has 0 atom stereocenters. The van der Waals surface area contributed by atoms with Gasteiger partial charge in [0.25, 0.3) is 0 Å². The van der Waals surface area contributed by atoms with Crippen molar-refractivity contribution in [3.05, 3.63) is 57.1 Å². The van der Waals surface area contributed by atoms with Crippen LogP contribution in [0.15, 0.2) is 51.5 Å². The largest absolute Gasteiger partial charge is 0.445 e. The molecule has 0 spiro atoms. The summed E-state index contributed by atoms with van der Waals surface area (Å²) in [6.07, 6.45) is 1.52. The van der Waals surface area contributed by atoms with Gasteiger partial charge in [-0.25, -0.2) is 9.78 Å². The first kappa shape index (κ1) is 17.2. The molecule has 1 aliphatic rings. The van der Waals surface area contributed by atoms with Crippen LogP contribution in [0, 0.1) is 0 Å². The quantitative estimate of drug-likeness (QED) is 0.701. The van der Waals surface area contributed by atoms with Gasteiger partial charge < -0.3 is 14.5 Å². The van der Waals surface area contributed by atoms with E-state index in [0.29, 0.717) is 19.7 Å². The molecular weight excluding hydrogens is 438 g/mol. The highest BCUT2D eigenvalue weighted by molar-refractivity contribution is 9.11. The number of carbonyl (C=O) groups is 1. The average Bonchev–Trinajstić information content (AvgIpc) is 2.61. The molecule has 1 aliphatic heterocycles.